The maximum absolute atomic E-state index is 13.7. The molecule has 1 heterocycles. The van der Waals surface area contributed by atoms with Crippen molar-refractivity contribution in [1.82, 2.24) is 4.98 Å². The third-order valence-electron chi connectivity index (χ3n) is 5.35. The summed E-state index contributed by atoms with van der Waals surface area (Å²) in [6, 6.07) is 15.5. The van der Waals surface area contributed by atoms with E-state index in [1.54, 1.807) is 42.6 Å². The molecule has 6 heteroatoms. The van der Waals surface area contributed by atoms with Crippen molar-refractivity contribution < 1.29 is 17.9 Å². The number of sulfone groups is 1. The summed E-state index contributed by atoms with van der Waals surface area (Å²) in [6.45, 7) is 0. The quantitative estimate of drug-likeness (QED) is 0.673. The molecule has 0 radical (unpaired) electrons. The number of H-pyrrole nitrogens is 1. The third-order valence-corrected chi connectivity index (χ3v) is 7.67. The van der Waals surface area contributed by atoms with Crippen molar-refractivity contribution >= 4 is 27.0 Å². The summed E-state index contributed by atoms with van der Waals surface area (Å²) in [7, 11) is -2.71. The van der Waals surface area contributed by atoms with E-state index < -0.39 is 20.2 Å². The van der Waals surface area contributed by atoms with Crippen molar-refractivity contribution in [3.8, 4) is 0 Å². The number of aromatic nitrogens is 1. The number of fused-ring (bicyclic) bond motifs is 1. The van der Waals surface area contributed by atoms with Crippen LogP contribution in [-0.4, -0.2) is 31.5 Å². The molecule has 0 aliphatic heterocycles. The number of rotatable bonds is 5. The van der Waals surface area contributed by atoms with Crippen molar-refractivity contribution in [3.05, 3.63) is 90.7 Å². The number of aldehydes is 1. The molecule has 2 aromatic carbocycles. The molecule has 1 aliphatic rings. The van der Waals surface area contributed by atoms with Gasteiger partial charge >= 0.3 is 0 Å². The van der Waals surface area contributed by atoms with Gasteiger partial charge in [0.15, 0.2) is 14.6 Å². The van der Waals surface area contributed by atoms with E-state index in [2.05, 4.69) is 4.98 Å². The van der Waals surface area contributed by atoms with E-state index in [-0.39, 0.29) is 4.90 Å². The van der Waals surface area contributed by atoms with Gasteiger partial charge in [0.1, 0.15) is 11.9 Å². The molecule has 28 heavy (non-hydrogen) atoms. The van der Waals surface area contributed by atoms with E-state index in [4.69, 9.17) is 4.74 Å². The Morgan fingerprint density at radius 3 is 2.36 bits per heavy atom. The number of carbonyl (C=O) groups is 1. The van der Waals surface area contributed by atoms with Gasteiger partial charge in [-0.25, -0.2) is 8.42 Å². The Bertz CT molecular complexity index is 1190. The van der Waals surface area contributed by atoms with Crippen molar-refractivity contribution in [1.29, 1.82) is 0 Å². The zero-order valence-corrected chi connectivity index (χ0v) is 16.0. The first kappa shape index (κ1) is 18.4. The predicted molar refractivity (Wildman–Crippen MR) is 108 cm³/mol. The number of hydrogen-bond donors (Lipinski definition) is 1. The third kappa shape index (κ3) is 2.28. The molecule has 142 valence electrons. The molecule has 3 aromatic rings. The van der Waals surface area contributed by atoms with Crippen molar-refractivity contribution in [2.75, 3.05) is 7.11 Å². The second-order valence-corrected chi connectivity index (χ2v) is 8.79. The van der Waals surface area contributed by atoms with E-state index in [1.807, 2.05) is 24.3 Å². The lowest BCUT2D eigenvalue weighted by atomic mass is 9.78. The molecule has 2 unspecified atom stereocenters. The monoisotopic (exact) mass is 393 g/mol. The van der Waals surface area contributed by atoms with Crippen LogP contribution in [0.5, 0.6) is 0 Å². The number of para-hydroxylation sites is 1. The number of benzene rings is 2. The zero-order chi connectivity index (χ0) is 19.8. The molecule has 0 saturated carbocycles. The lowest BCUT2D eigenvalue weighted by molar-refractivity contribution is -0.115. The number of aromatic amines is 1. The second kappa shape index (κ2) is 6.58. The van der Waals surface area contributed by atoms with Crippen LogP contribution in [0.15, 0.2) is 90.0 Å². The van der Waals surface area contributed by atoms with Crippen LogP contribution in [-0.2, 0) is 25.0 Å². The average molecular weight is 393 g/mol. The molecule has 0 spiro atoms. The Kier molecular flexibility index (Phi) is 4.33. The molecule has 5 nitrogen and oxygen atoms in total. The van der Waals surface area contributed by atoms with Gasteiger partial charge in [-0.15, -0.1) is 0 Å². The summed E-state index contributed by atoms with van der Waals surface area (Å²) in [4.78, 5) is 15.8. The zero-order valence-electron chi connectivity index (χ0n) is 15.2. The van der Waals surface area contributed by atoms with Crippen LogP contribution in [0, 0.1) is 0 Å². The van der Waals surface area contributed by atoms with Gasteiger partial charge in [-0.2, -0.15) is 0 Å². The standard InChI is InChI=1S/C22H19NO4S/c1-27-22(19-15-23-20-12-6-5-11-18(19)20)14-8-7-13-21(22,16-24)28(25,26)17-9-3-2-4-10-17/h2-16,23H,1H3. The van der Waals surface area contributed by atoms with Gasteiger partial charge < -0.3 is 14.5 Å². The summed E-state index contributed by atoms with van der Waals surface area (Å²) in [5, 5.41) is 0.791. The van der Waals surface area contributed by atoms with E-state index in [1.165, 1.54) is 25.3 Å². The first-order chi connectivity index (χ1) is 13.5. The average Bonchev–Trinajstić information content (AvgIpc) is 3.18. The number of nitrogens with one attached hydrogen (secondary N) is 1. The topological polar surface area (TPSA) is 76.2 Å². The van der Waals surface area contributed by atoms with Crippen LogP contribution in [0.3, 0.4) is 0 Å². The summed E-state index contributed by atoms with van der Waals surface area (Å²) >= 11 is 0. The number of ether oxygens (including phenoxy) is 1. The predicted octanol–water partition coefficient (Wildman–Crippen LogP) is 3.55. The van der Waals surface area contributed by atoms with Crippen LogP contribution in [0.2, 0.25) is 0 Å². The van der Waals surface area contributed by atoms with Gasteiger partial charge in [0.25, 0.3) is 0 Å². The van der Waals surface area contributed by atoms with Gasteiger partial charge in [0.05, 0.1) is 4.90 Å². The van der Waals surface area contributed by atoms with Crippen LogP contribution >= 0.6 is 0 Å². The summed E-state index contributed by atoms with van der Waals surface area (Å²) in [5.41, 5.74) is -0.121. The molecule has 1 aliphatic carbocycles. The minimum atomic E-state index is -4.13. The fourth-order valence-corrected chi connectivity index (χ4v) is 5.88. The van der Waals surface area contributed by atoms with E-state index in [0.29, 0.717) is 11.8 Å². The Morgan fingerprint density at radius 1 is 0.964 bits per heavy atom. The second-order valence-electron chi connectivity index (χ2n) is 6.63. The highest BCUT2D eigenvalue weighted by Gasteiger charge is 2.61. The molecular weight excluding hydrogens is 374 g/mol. The van der Waals surface area contributed by atoms with Crippen LogP contribution < -0.4 is 0 Å². The molecular formula is C22H19NO4S. The molecule has 0 bridgehead atoms. The number of methoxy groups -OCH3 is 1. The Balaban J connectivity index is 2.07. The Labute approximate surface area is 163 Å². The van der Waals surface area contributed by atoms with Gasteiger partial charge in [-0.3, -0.25) is 0 Å². The highest BCUT2D eigenvalue weighted by Crippen LogP contribution is 2.49. The van der Waals surface area contributed by atoms with Gasteiger partial charge in [0.2, 0.25) is 0 Å². The van der Waals surface area contributed by atoms with Crippen molar-refractivity contribution in [3.63, 3.8) is 0 Å². The first-order valence-electron chi connectivity index (χ1n) is 8.77. The van der Waals surface area contributed by atoms with Crippen LogP contribution in [0.1, 0.15) is 5.56 Å². The van der Waals surface area contributed by atoms with Gasteiger partial charge in [-0.05, 0) is 24.3 Å². The van der Waals surface area contributed by atoms with Crippen molar-refractivity contribution in [2.45, 2.75) is 15.2 Å². The Morgan fingerprint density at radius 2 is 1.64 bits per heavy atom. The number of carbonyl (C=O) groups excluding carboxylic acids is 1. The Hall–Kier alpha value is -2.96. The number of allylic oxidation sites excluding steroid dienone is 2. The largest absolute Gasteiger partial charge is 0.367 e. The molecule has 0 amide bonds. The molecule has 0 fully saturated rings. The van der Waals surface area contributed by atoms with E-state index in [0.717, 1.165) is 10.9 Å². The van der Waals surface area contributed by atoms with E-state index >= 15 is 0 Å². The molecule has 1 aromatic heterocycles. The molecule has 2 atom stereocenters. The number of hydrogen-bond acceptors (Lipinski definition) is 4. The highest BCUT2D eigenvalue weighted by molar-refractivity contribution is 7.93. The van der Waals surface area contributed by atoms with Gasteiger partial charge in [-0.1, -0.05) is 54.6 Å². The molecule has 4 rings (SSSR count). The first-order valence-corrected chi connectivity index (χ1v) is 10.3. The normalized spacial score (nSPS) is 24.5. The minimum Gasteiger partial charge on any atom is -0.367 e. The SMILES string of the molecule is COC1(c2c[nH]c3ccccc23)C=CC=CC1(C=O)S(=O)(=O)c1ccccc1. The fourth-order valence-electron chi connectivity index (χ4n) is 3.93. The summed E-state index contributed by atoms with van der Waals surface area (Å²) in [5.74, 6) is 0. The van der Waals surface area contributed by atoms with E-state index in [9.17, 15) is 13.2 Å². The molecule has 0 saturated heterocycles. The van der Waals surface area contributed by atoms with Crippen LogP contribution in [0.4, 0.5) is 0 Å². The fraction of sp³-hybridized carbons (Fsp3) is 0.136. The smallest absolute Gasteiger partial charge is 0.198 e. The van der Waals surface area contributed by atoms with Crippen LogP contribution in [0.25, 0.3) is 10.9 Å². The maximum Gasteiger partial charge on any atom is 0.198 e. The van der Waals surface area contributed by atoms with Gasteiger partial charge in [0, 0.05) is 29.8 Å². The molecule has 1 N–H and O–H groups in total. The lowest BCUT2D eigenvalue weighted by Crippen LogP contribution is -2.57. The lowest BCUT2D eigenvalue weighted by Gasteiger charge is -2.43. The maximum atomic E-state index is 13.7. The summed E-state index contributed by atoms with van der Waals surface area (Å²) < 4.78 is 31.4. The summed E-state index contributed by atoms with van der Waals surface area (Å²) in [6.07, 6.45) is 8.50. The minimum absolute atomic E-state index is 0.0586. The van der Waals surface area contributed by atoms with Crippen molar-refractivity contribution in [2.24, 2.45) is 0 Å². The highest BCUT2D eigenvalue weighted by atomic mass is 32.2.